The second-order valence-electron chi connectivity index (χ2n) is 6.19. The molecule has 1 amide bonds. The number of piperidine rings is 1. The van der Waals surface area contributed by atoms with Crippen LogP contribution in [0, 0.1) is 0 Å². The Labute approximate surface area is 139 Å². The van der Waals surface area contributed by atoms with E-state index in [1.54, 1.807) is 6.33 Å². The van der Waals surface area contributed by atoms with E-state index >= 15 is 0 Å². The van der Waals surface area contributed by atoms with Crippen molar-refractivity contribution in [2.45, 2.75) is 38.1 Å². The number of thiophene rings is 1. The largest absolute Gasteiger partial charge is 0.367 e. The van der Waals surface area contributed by atoms with Crippen molar-refractivity contribution in [2.75, 3.05) is 18.4 Å². The maximum absolute atomic E-state index is 12.4. The quantitative estimate of drug-likeness (QED) is 0.941. The lowest BCUT2D eigenvalue weighted by atomic mass is 10.0. The Balaban J connectivity index is 1.37. The monoisotopic (exact) mass is 328 g/mol. The van der Waals surface area contributed by atoms with Crippen molar-refractivity contribution in [3.8, 4) is 0 Å². The minimum atomic E-state index is 0.168. The Morgan fingerprint density at radius 2 is 2.13 bits per heavy atom. The number of fused-ring (bicyclic) bond motifs is 1. The first kappa shape index (κ1) is 14.6. The van der Waals surface area contributed by atoms with E-state index in [4.69, 9.17) is 0 Å². The number of aryl methyl sites for hydroxylation is 1. The first-order valence-corrected chi connectivity index (χ1v) is 9.11. The van der Waals surface area contributed by atoms with Crippen molar-refractivity contribution in [3.63, 3.8) is 0 Å². The van der Waals surface area contributed by atoms with E-state index in [0.717, 1.165) is 49.5 Å². The molecule has 0 radical (unpaired) electrons. The summed E-state index contributed by atoms with van der Waals surface area (Å²) in [6, 6.07) is 4.23. The van der Waals surface area contributed by atoms with Crippen LogP contribution in [0.1, 0.15) is 40.2 Å². The SMILES string of the molecule is O=C(c1cccs1)N1CCC(Nc2ncnc3c2CCC3)CC1. The number of hydrogen-bond donors (Lipinski definition) is 1. The smallest absolute Gasteiger partial charge is 0.263 e. The van der Waals surface area contributed by atoms with Crippen molar-refractivity contribution in [3.05, 3.63) is 40.0 Å². The third-order valence-electron chi connectivity index (χ3n) is 4.73. The fourth-order valence-electron chi connectivity index (χ4n) is 3.46. The van der Waals surface area contributed by atoms with Crippen LogP contribution in [-0.2, 0) is 12.8 Å². The molecule has 0 bridgehead atoms. The highest BCUT2D eigenvalue weighted by atomic mass is 32.1. The summed E-state index contributed by atoms with van der Waals surface area (Å²) in [5, 5.41) is 5.54. The van der Waals surface area contributed by atoms with Crippen LogP contribution in [-0.4, -0.2) is 39.9 Å². The maximum atomic E-state index is 12.4. The van der Waals surface area contributed by atoms with Crippen molar-refractivity contribution in [1.29, 1.82) is 0 Å². The highest BCUT2D eigenvalue weighted by molar-refractivity contribution is 7.12. The van der Waals surface area contributed by atoms with Gasteiger partial charge in [0.05, 0.1) is 4.88 Å². The molecule has 0 spiro atoms. The van der Waals surface area contributed by atoms with Gasteiger partial charge in [0.25, 0.3) is 5.91 Å². The molecule has 1 aliphatic carbocycles. The molecule has 2 aromatic rings. The van der Waals surface area contributed by atoms with Gasteiger partial charge in [0.2, 0.25) is 0 Å². The van der Waals surface area contributed by atoms with Crippen LogP contribution in [0.15, 0.2) is 23.8 Å². The van der Waals surface area contributed by atoms with E-state index in [0.29, 0.717) is 6.04 Å². The lowest BCUT2D eigenvalue weighted by molar-refractivity contribution is 0.0723. The first-order valence-electron chi connectivity index (χ1n) is 8.23. The Morgan fingerprint density at radius 3 is 2.91 bits per heavy atom. The molecule has 0 unspecified atom stereocenters. The second kappa shape index (κ2) is 6.28. The number of nitrogens with one attached hydrogen (secondary N) is 1. The van der Waals surface area contributed by atoms with Gasteiger partial charge in [-0.15, -0.1) is 11.3 Å². The summed E-state index contributed by atoms with van der Waals surface area (Å²) in [5.74, 6) is 1.18. The minimum absolute atomic E-state index is 0.168. The number of rotatable bonds is 3. The molecule has 2 aromatic heterocycles. The molecular formula is C17H20N4OS. The summed E-state index contributed by atoms with van der Waals surface area (Å²) in [7, 11) is 0. The average molecular weight is 328 g/mol. The number of anilines is 1. The molecule has 1 N–H and O–H groups in total. The zero-order valence-electron chi connectivity index (χ0n) is 13.0. The Bertz CT molecular complexity index is 693. The molecule has 1 fully saturated rings. The third-order valence-corrected chi connectivity index (χ3v) is 5.59. The number of carbonyl (C=O) groups excluding carboxylic acids is 1. The molecule has 4 rings (SSSR count). The van der Waals surface area contributed by atoms with Crippen LogP contribution in [0.4, 0.5) is 5.82 Å². The summed E-state index contributed by atoms with van der Waals surface area (Å²) in [6.45, 7) is 1.61. The number of carbonyl (C=O) groups is 1. The van der Waals surface area contributed by atoms with Gasteiger partial charge in [0.15, 0.2) is 0 Å². The van der Waals surface area contributed by atoms with E-state index in [1.807, 2.05) is 22.4 Å². The molecule has 120 valence electrons. The van der Waals surface area contributed by atoms with E-state index < -0.39 is 0 Å². The van der Waals surface area contributed by atoms with Gasteiger partial charge in [-0.05, 0) is 43.6 Å². The highest BCUT2D eigenvalue weighted by Gasteiger charge is 2.25. The van der Waals surface area contributed by atoms with Crippen LogP contribution < -0.4 is 5.32 Å². The van der Waals surface area contributed by atoms with Crippen molar-refractivity contribution in [2.24, 2.45) is 0 Å². The molecule has 0 atom stereocenters. The average Bonchev–Trinajstić information content (AvgIpc) is 3.27. The molecule has 3 heterocycles. The lowest BCUT2D eigenvalue weighted by Gasteiger charge is -2.32. The molecule has 23 heavy (non-hydrogen) atoms. The molecule has 1 aliphatic heterocycles. The third kappa shape index (κ3) is 2.95. The summed E-state index contributed by atoms with van der Waals surface area (Å²) in [6.07, 6.45) is 6.93. The molecule has 5 nitrogen and oxygen atoms in total. The summed E-state index contributed by atoms with van der Waals surface area (Å²) >= 11 is 1.52. The second-order valence-corrected chi connectivity index (χ2v) is 7.14. The van der Waals surface area contributed by atoms with Crippen molar-refractivity contribution >= 4 is 23.1 Å². The van der Waals surface area contributed by atoms with Crippen LogP contribution in [0.5, 0.6) is 0 Å². The van der Waals surface area contributed by atoms with Gasteiger partial charge < -0.3 is 10.2 Å². The zero-order valence-corrected chi connectivity index (χ0v) is 13.8. The zero-order chi connectivity index (χ0) is 15.6. The van der Waals surface area contributed by atoms with Gasteiger partial charge in [-0.25, -0.2) is 9.97 Å². The standard InChI is InChI=1S/C17H20N4OS/c22-17(15-5-2-10-23-15)21-8-6-12(7-9-21)20-16-13-3-1-4-14(13)18-11-19-16/h2,5,10-12H,1,3-4,6-9H2,(H,18,19,20). The van der Waals surface area contributed by atoms with E-state index in [1.165, 1.54) is 29.0 Å². The Kier molecular flexibility index (Phi) is 3.99. The molecular weight excluding hydrogens is 308 g/mol. The molecule has 0 saturated carbocycles. The Morgan fingerprint density at radius 1 is 1.26 bits per heavy atom. The van der Waals surface area contributed by atoms with Gasteiger partial charge in [-0.2, -0.15) is 0 Å². The molecule has 1 saturated heterocycles. The van der Waals surface area contributed by atoms with Crippen LogP contribution in [0.3, 0.4) is 0 Å². The number of nitrogens with zero attached hydrogens (tertiary/aromatic N) is 3. The first-order chi connectivity index (χ1) is 11.3. The van der Waals surface area contributed by atoms with E-state index in [2.05, 4.69) is 15.3 Å². The fourth-order valence-corrected chi connectivity index (χ4v) is 4.15. The van der Waals surface area contributed by atoms with Gasteiger partial charge in [-0.1, -0.05) is 6.07 Å². The van der Waals surface area contributed by atoms with Crippen LogP contribution in [0.2, 0.25) is 0 Å². The Hall–Kier alpha value is -1.95. The summed E-state index contributed by atoms with van der Waals surface area (Å²) in [5.41, 5.74) is 2.50. The number of hydrogen-bond acceptors (Lipinski definition) is 5. The van der Waals surface area contributed by atoms with Gasteiger partial charge in [0, 0.05) is 30.4 Å². The van der Waals surface area contributed by atoms with E-state index in [-0.39, 0.29) is 5.91 Å². The predicted molar refractivity (Wildman–Crippen MR) is 90.9 cm³/mol. The highest BCUT2D eigenvalue weighted by Crippen LogP contribution is 2.27. The lowest BCUT2D eigenvalue weighted by Crippen LogP contribution is -2.42. The van der Waals surface area contributed by atoms with Crippen molar-refractivity contribution in [1.82, 2.24) is 14.9 Å². The summed E-state index contributed by atoms with van der Waals surface area (Å²) in [4.78, 5) is 24.0. The van der Waals surface area contributed by atoms with Crippen LogP contribution >= 0.6 is 11.3 Å². The molecule has 2 aliphatic rings. The van der Waals surface area contributed by atoms with Gasteiger partial charge in [-0.3, -0.25) is 4.79 Å². The topological polar surface area (TPSA) is 58.1 Å². The summed E-state index contributed by atoms with van der Waals surface area (Å²) < 4.78 is 0. The minimum Gasteiger partial charge on any atom is -0.367 e. The number of amides is 1. The number of likely N-dealkylation sites (tertiary alicyclic amines) is 1. The van der Waals surface area contributed by atoms with E-state index in [9.17, 15) is 4.79 Å². The molecule has 0 aromatic carbocycles. The van der Waals surface area contributed by atoms with Gasteiger partial charge >= 0.3 is 0 Å². The molecule has 6 heteroatoms. The number of aromatic nitrogens is 2. The van der Waals surface area contributed by atoms with Gasteiger partial charge in [0.1, 0.15) is 12.1 Å². The normalized spacial score (nSPS) is 18.0. The van der Waals surface area contributed by atoms with Crippen LogP contribution in [0.25, 0.3) is 0 Å². The van der Waals surface area contributed by atoms with Crippen molar-refractivity contribution < 1.29 is 4.79 Å². The predicted octanol–water partition coefficient (Wildman–Crippen LogP) is 2.74. The fraction of sp³-hybridized carbons (Fsp3) is 0.471. The maximum Gasteiger partial charge on any atom is 0.263 e.